The van der Waals surface area contributed by atoms with Gasteiger partial charge in [-0.1, -0.05) is 6.92 Å². The Bertz CT molecular complexity index is 422. The Morgan fingerprint density at radius 3 is 2.79 bits per heavy atom. The summed E-state index contributed by atoms with van der Waals surface area (Å²) >= 11 is 0. The molecule has 0 saturated heterocycles. The van der Waals surface area contributed by atoms with Crippen molar-refractivity contribution in [2.75, 3.05) is 6.61 Å². The minimum absolute atomic E-state index is 0.164. The van der Waals surface area contributed by atoms with Gasteiger partial charge in [-0.05, 0) is 39.0 Å². The van der Waals surface area contributed by atoms with E-state index in [9.17, 15) is 4.79 Å². The molecule has 0 aliphatic heterocycles. The van der Waals surface area contributed by atoms with Crippen molar-refractivity contribution in [3.05, 3.63) is 12.2 Å². The molecule has 0 aromatic carbocycles. The highest BCUT2D eigenvalue weighted by molar-refractivity contribution is 5.89. The van der Waals surface area contributed by atoms with Gasteiger partial charge in [-0.2, -0.15) is 5.10 Å². The molecule has 1 saturated carbocycles. The average molecular weight is 265 g/mol. The molecule has 1 aliphatic rings. The number of carbonyl (C=O) groups is 1. The molecule has 106 valence electrons. The van der Waals surface area contributed by atoms with Crippen molar-refractivity contribution in [1.29, 1.82) is 0 Å². The fourth-order valence-electron chi connectivity index (χ4n) is 2.85. The average Bonchev–Trinajstić information content (AvgIpc) is 3.01. The van der Waals surface area contributed by atoms with E-state index in [0.717, 1.165) is 44.5 Å². The number of rotatable bonds is 7. The molecule has 5 nitrogen and oxygen atoms in total. The van der Waals surface area contributed by atoms with E-state index in [4.69, 9.17) is 4.74 Å². The van der Waals surface area contributed by atoms with Gasteiger partial charge in [-0.25, -0.2) is 9.67 Å². The first-order valence-electron chi connectivity index (χ1n) is 7.26. The third-order valence-electron chi connectivity index (χ3n) is 3.79. The summed E-state index contributed by atoms with van der Waals surface area (Å²) in [5, 5.41) is 4.17. The van der Waals surface area contributed by atoms with Crippen LogP contribution in [0.15, 0.2) is 6.33 Å². The van der Waals surface area contributed by atoms with Crippen molar-refractivity contribution in [3.8, 4) is 0 Å². The number of ether oxygens (including phenoxy) is 1. The van der Waals surface area contributed by atoms with Gasteiger partial charge in [0.15, 0.2) is 5.78 Å². The number of ketones is 1. The van der Waals surface area contributed by atoms with Gasteiger partial charge in [0.05, 0.1) is 6.42 Å². The molecule has 19 heavy (non-hydrogen) atoms. The standard InChI is InChI=1S/C14H23N3O2/c1-3-9-17-13(15-11-16-17)10-12(18)14(19-4-2)7-5-6-8-14/h11H,3-10H2,1-2H3. The lowest BCUT2D eigenvalue weighted by atomic mass is 9.93. The molecule has 1 aliphatic carbocycles. The topological polar surface area (TPSA) is 57.0 Å². The molecule has 0 amide bonds. The van der Waals surface area contributed by atoms with Crippen LogP contribution in [0.3, 0.4) is 0 Å². The SMILES string of the molecule is CCCn1ncnc1CC(=O)C1(OCC)CCCC1. The maximum atomic E-state index is 12.6. The first-order chi connectivity index (χ1) is 9.22. The summed E-state index contributed by atoms with van der Waals surface area (Å²) in [6, 6.07) is 0. The quantitative estimate of drug-likeness (QED) is 0.758. The number of aromatic nitrogens is 3. The van der Waals surface area contributed by atoms with Crippen molar-refractivity contribution in [1.82, 2.24) is 14.8 Å². The van der Waals surface area contributed by atoms with Crippen LogP contribution in [0.5, 0.6) is 0 Å². The molecule has 0 radical (unpaired) electrons. The number of hydrogen-bond donors (Lipinski definition) is 0. The molecule has 5 heteroatoms. The zero-order chi connectivity index (χ0) is 13.7. The van der Waals surface area contributed by atoms with Crippen LogP contribution < -0.4 is 0 Å². The zero-order valence-electron chi connectivity index (χ0n) is 11.9. The van der Waals surface area contributed by atoms with E-state index in [2.05, 4.69) is 17.0 Å². The molecule has 0 unspecified atom stereocenters. The van der Waals surface area contributed by atoms with Gasteiger partial charge in [0.25, 0.3) is 0 Å². The number of Topliss-reactive ketones (excluding diaryl/α,β-unsaturated/α-hetero) is 1. The molecule has 1 aromatic heterocycles. The van der Waals surface area contributed by atoms with Gasteiger partial charge >= 0.3 is 0 Å². The summed E-state index contributed by atoms with van der Waals surface area (Å²) in [5.74, 6) is 0.926. The number of hydrogen-bond acceptors (Lipinski definition) is 4. The normalized spacial score (nSPS) is 17.8. The van der Waals surface area contributed by atoms with E-state index in [0.29, 0.717) is 13.0 Å². The van der Waals surface area contributed by atoms with E-state index < -0.39 is 5.60 Å². The largest absolute Gasteiger partial charge is 0.367 e. The maximum absolute atomic E-state index is 12.6. The number of aryl methyl sites for hydroxylation is 1. The molecular formula is C14H23N3O2. The number of carbonyl (C=O) groups excluding carboxylic acids is 1. The minimum atomic E-state index is -0.558. The highest BCUT2D eigenvalue weighted by Crippen LogP contribution is 2.34. The second-order valence-electron chi connectivity index (χ2n) is 5.13. The van der Waals surface area contributed by atoms with Crippen molar-refractivity contribution in [2.45, 2.75) is 64.5 Å². The fourth-order valence-corrected chi connectivity index (χ4v) is 2.85. The Hall–Kier alpha value is -1.23. The van der Waals surface area contributed by atoms with Crippen LogP contribution in [0.1, 0.15) is 51.8 Å². The minimum Gasteiger partial charge on any atom is -0.367 e. The van der Waals surface area contributed by atoms with Crippen molar-refractivity contribution >= 4 is 5.78 Å². The van der Waals surface area contributed by atoms with E-state index in [-0.39, 0.29) is 5.78 Å². The van der Waals surface area contributed by atoms with Crippen LogP contribution in [-0.2, 0) is 22.5 Å². The van der Waals surface area contributed by atoms with Crippen molar-refractivity contribution in [2.24, 2.45) is 0 Å². The summed E-state index contributed by atoms with van der Waals surface area (Å²) in [5.41, 5.74) is -0.558. The third kappa shape index (κ3) is 3.03. The molecule has 1 fully saturated rings. The van der Waals surface area contributed by atoms with Crippen molar-refractivity contribution < 1.29 is 9.53 Å². The van der Waals surface area contributed by atoms with Gasteiger partial charge < -0.3 is 4.74 Å². The molecule has 0 N–H and O–H groups in total. The van der Waals surface area contributed by atoms with Gasteiger partial charge in [0.2, 0.25) is 0 Å². The summed E-state index contributed by atoms with van der Waals surface area (Å²) in [6.45, 7) is 5.44. The monoisotopic (exact) mass is 265 g/mol. The predicted octanol–water partition coefficient (Wildman–Crippen LogP) is 2.15. The van der Waals surface area contributed by atoms with Crippen LogP contribution in [0.4, 0.5) is 0 Å². The van der Waals surface area contributed by atoms with Crippen LogP contribution in [-0.4, -0.2) is 32.8 Å². The van der Waals surface area contributed by atoms with E-state index in [1.165, 1.54) is 6.33 Å². The summed E-state index contributed by atoms with van der Waals surface area (Å²) in [6.07, 6.45) is 6.70. The smallest absolute Gasteiger partial charge is 0.172 e. The molecule has 0 atom stereocenters. The fraction of sp³-hybridized carbons (Fsp3) is 0.786. The van der Waals surface area contributed by atoms with E-state index >= 15 is 0 Å². The second-order valence-corrected chi connectivity index (χ2v) is 5.13. The first kappa shape index (κ1) is 14.2. The molecular weight excluding hydrogens is 242 g/mol. The van der Waals surface area contributed by atoms with Gasteiger partial charge in [0, 0.05) is 13.2 Å². The third-order valence-corrected chi connectivity index (χ3v) is 3.79. The summed E-state index contributed by atoms with van der Waals surface area (Å²) in [4.78, 5) is 16.8. The Morgan fingerprint density at radius 1 is 1.42 bits per heavy atom. The molecule has 0 spiro atoms. The Labute approximate surface area is 114 Å². The highest BCUT2D eigenvalue weighted by atomic mass is 16.5. The van der Waals surface area contributed by atoms with Crippen LogP contribution in [0, 0.1) is 0 Å². The van der Waals surface area contributed by atoms with Crippen LogP contribution in [0.2, 0.25) is 0 Å². The zero-order valence-corrected chi connectivity index (χ0v) is 11.9. The van der Waals surface area contributed by atoms with Gasteiger partial charge in [0.1, 0.15) is 17.8 Å². The van der Waals surface area contributed by atoms with Crippen LogP contribution >= 0.6 is 0 Å². The molecule has 1 heterocycles. The van der Waals surface area contributed by atoms with Crippen molar-refractivity contribution in [3.63, 3.8) is 0 Å². The Balaban J connectivity index is 2.08. The van der Waals surface area contributed by atoms with Gasteiger partial charge in [-0.15, -0.1) is 0 Å². The highest BCUT2D eigenvalue weighted by Gasteiger charge is 2.41. The maximum Gasteiger partial charge on any atom is 0.172 e. The first-order valence-corrected chi connectivity index (χ1v) is 7.26. The second kappa shape index (κ2) is 6.28. The summed E-state index contributed by atoms with van der Waals surface area (Å²) < 4.78 is 7.62. The lowest BCUT2D eigenvalue weighted by Gasteiger charge is -2.27. The lowest BCUT2D eigenvalue weighted by molar-refractivity contribution is -0.143. The lowest BCUT2D eigenvalue weighted by Crippen LogP contribution is -2.40. The molecule has 1 aromatic rings. The van der Waals surface area contributed by atoms with E-state index in [1.807, 2.05) is 11.6 Å². The van der Waals surface area contributed by atoms with Crippen LogP contribution in [0.25, 0.3) is 0 Å². The molecule has 0 bridgehead atoms. The summed E-state index contributed by atoms with van der Waals surface area (Å²) in [7, 11) is 0. The molecule has 2 rings (SSSR count). The number of nitrogens with zero attached hydrogens (tertiary/aromatic N) is 3. The predicted molar refractivity (Wildman–Crippen MR) is 71.8 cm³/mol. The Kier molecular flexibility index (Phi) is 4.69. The Morgan fingerprint density at radius 2 is 2.16 bits per heavy atom. The van der Waals surface area contributed by atoms with Gasteiger partial charge in [-0.3, -0.25) is 4.79 Å². The van der Waals surface area contributed by atoms with E-state index in [1.54, 1.807) is 0 Å².